The summed E-state index contributed by atoms with van der Waals surface area (Å²) in [6.07, 6.45) is 0.568. The van der Waals surface area contributed by atoms with Gasteiger partial charge in [-0.3, -0.25) is 4.79 Å². The van der Waals surface area contributed by atoms with Crippen molar-refractivity contribution in [2.24, 2.45) is 0 Å². The molecule has 2 aromatic rings. The van der Waals surface area contributed by atoms with E-state index in [4.69, 9.17) is 4.18 Å². The highest BCUT2D eigenvalue weighted by molar-refractivity contribution is 7.87. The van der Waals surface area contributed by atoms with E-state index in [1.807, 2.05) is 6.92 Å². The van der Waals surface area contributed by atoms with Crippen LogP contribution in [0.1, 0.15) is 19.4 Å². The minimum Gasteiger partial charge on any atom is -0.379 e. The molecule has 0 saturated heterocycles. The highest BCUT2D eigenvalue weighted by atomic mass is 32.2. The highest BCUT2D eigenvalue weighted by Crippen LogP contribution is 2.34. The number of anilines is 1. The third-order valence-electron chi connectivity index (χ3n) is 3.90. The molecule has 1 atom stereocenters. The zero-order chi connectivity index (χ0) is 17.5. The van der Waals surface area contributed by atoms with Crippen molar-refractivity contribution in [3.8, 4) is 5.75 Å². The van der Waals surface area contributed by atoms with Gasteiger partial charge in [-0.25, -0.2) is 4.39 Å². The molecular weight excluding hydrogens is 333 g/mol. The Balaban J connectivity index is 1.93. The van der Waals surface area contributed by atoms with E-state index in [1.54, 1.807) is 11.0 Å². The van der Waals surface area contributed by atoms with Crippen LogP contribution in [0.15, 0.2) is 47.4 Å². The second-order valence-electron chi connectivity index (χ2n) is 5.73. The van der Waals surface area contributed by atoms with Crippen LogP contribution in [-0.4, -0.2) is 20.4 Å². The van der Waals surface area contributed by atoms with Crippen LogP contribution >= 0.6 is 0 Å². The maximum atomic E-state index is 13.2. The second kappa shape index (κ2) is 5.90. The molecule has 1 aliphatic heterocycles. The number of benzene rings is 2. The quantitative estimate of drug-likeness (QED) is 0.800. The molecule has 1 unspecified atom stereocenters. The summed E-state index contributed by atoms with van der Waals surface area (Å²) < 4.78 is 42.9. The normalized spacial score (nSPS) is 16.8. The Bertz CT molecular complexity index is 911. The highest BCUT2D eigenvalue weighted by Gasteiger charge is 2.30. The van der Waals surface area contributed by atoms with Crippen LogP contribution in [0.4, 0.5) is 10.1 Å². The summed E-state index contributed by atoms with van der Waals surface area (Å²) in [7, 11) is -4.08. The zero-order valence-electron chi connectivity index (χ0n) is 13.2. The Morgan fingerprint density at radius 2 is 2.00 bits per heavy atom. The van der Waals surface area contributed by atoms with Crippen LogP contribution in [0.2, 0.25) is 0 Å². The molecule has 0 radical (unpaired) electrons. The van der Waals surface area contributed by atoms with E-state index >= 15 is 0 Å². The number of rotatable bonds is 3. The Morgan fingerprint density at radius 1 is 1.25 bits per heavy atom. The lowest BCUT2D eigenvalue weighted by Gasteiger charge is -2.20. The maximum absolute atomic E-state index is 13.2. The lowest BCUT2D eigenvalue weighted by Crippen LogP contribution is -2.33. The predicted molar refractivity (Wildman–Crippen MR) is 87.0 cm³/mol. The number of halogens is 1. The van der Waals surface area contributed by atoms with Crippen molar-refractivity contribution in [3.05, 3.63) is 53.8 Å². The fraction of sp³-hybridized carbons (Fsp3) is 0.235. The molecular formula is C17H16FNO4S. The minimum atomic E-state index is -4.08. The van der Waals surface area contributed by atoms with E-state index in [2.05, 4.69) is 0 Å². The van der Waals surface area contributed by atoms with Crippen molar-refractivity contribution >= 4 is 21.7 Å². The van der Waals surface area contributed by atoms with Crippen LogP contribution < -0.4 is 9.08 Å². The Kier molecular flexibility index (Phi) is 4.04. The summed E-state index contributed by atoms with van der Waals surface area (Å²) in [5, 5.41) is 0. The van der Waals surface area contributed by atoms with Crippen molar-refractivity contribution in [1.82, 2.24) is 0 Å². The second-order valence-corrected chi connectivity index (χ2v) is 7.27. The topological polar surface area (TPSA) is 63.7 Å². The zero-order valence-corrected chi connectivity index (χ0v) is 14.0. The monoisotopic (exact) mass is 349 g/mol. The van der Waals surface area contributed by atoms with Crippen molar-refractivity contribution in [3.63, 3.8) is 0 Å². The molecule has 0 fully saturated rings. The van der Waals surface area contributed by atoms with Crippen LogP contribution in [0.5, 0.6) is 5.75 Å². The molecule has 3 rings (SSSR count). The van der Waals surface area contributed by atoms with Gasteiger partial charge < -0.3 is 9.08 Å². The van der Waals surface area contributed by atoms with Gasteiger partial charge in [-0.05, 0) is 49.2 Å². The lowest BCUT2D eigenvalue weighted by molar-refractivity contribution is -0.116. The van der Waals surface area contributed by atoms with Gasteiger partial charge >= 0.3 is 10.1 Å². The van der Waals surface area contributed by atoms with Crippen LogP contribution in [0, 0.1) is 5.82 Å². The van der Waals surface area contributed by atoms with Gasteiger partial charge in [0.2, 0.25) is 5.91 Å². The molecule has 1 heterocycles. The first-order valence-electron chi connectivity index (χ1n) is 7.41. The minimum absolute atomic E-state index is 0.0249. The Morgan fingerprint density at radius 3 is 2.67 bits per heavy atom. The number of carbonyl (C=O) groups is 1. The summed E-state index contributed by atoms with van der Waals surface area (Å²) >= 11 is 0. The smallest absolute Gasteiger partial charge is 0.339 e. The predicted octanol–water partition coefficient (Wildman–Crippen LogP) is 2.89. The number of hydrogen-bond donors (Lipinski definition) is 0. The molecule has 0 aliphatic carbocycles. The Labute approximate surface area is 139 Å². The fourth-order valence-electron chi connectivity index (χ4n) is 2.94. The molecule has 5 nitrogen and oxygen atoms in total. The fourth-order valence-corrected chi connectivity index (χ4v) is 3.91. The number of carbonyl (C=O) groups excluding carboxylic acids is 1. The van der Waals surface area contributed by atoms with E-state index in [0.29, 0.717) is 12.1 Å². The third-order valence-corrected chi connectivity index (χ3v) is 5.14. The first-order chi connectivity index (χ1) is 11.3. The van der Waals surface area contributed by atoms with Crippen LogP contribution in [-0.2, 0) is 21.3 Å². The molecule has 0 aromatic heterocycles. The van der Waals surface area contributed by atoms with E-state index in [0.717, 1.165) is 11.6 Å². The molecule has 1 aliphatic rings. The Hall–Kier alpha value is -2.41. The molecule has 0 N–H and O–H groups in total. The molecule has 0 saturated carbocycles. The van der Waals surface area contributed by atoms with Gasteiger partial charge in [-0.15, -0.1) is 0 Å². The number of hydrogen-bond acceptors (Lipinski definition) is 4. The standard InChI is InChI=1S/C17H16FNO4S/c1-11-8-13-9-16(6-7-17(13)19(11)12(2)20)24(21,22)23-15-5-3-4-14(18)10-15/h3-7,9-11H,8H2,1-2H3. The SMILES string of the molecule is CC(=O)N1c2ccc(S(=O)(=O)Oc3cccc(F)c3)cc2CC1C. The summed E-state index contributed by atoms with van der Waals surface area (Å²) in [6, 6.07) is 9.41. The van der Waals surface area contributed by atoms with E-state index < -0.39 is 15.9 Å². The number of fused-ring (bicyclic) bond motifs is 1. The molecule has 0 bridgehead atoms. The number of amides is 1. The summed E-state index contributed by atoms with van der Waals surface area (Å²) in [5.41, 5.74) is 1.47. The van der Waals surface area contributed by atoms with Crippen LogP contribution in [0.3, 0.4) is 0 Å². The third kappa shape index (κ3) is 2.99. The van der Waals surface area contributed by atoms with Crippen molar-refractivity contribution < 1.29 is 21.8 Å². The van der Waals surface area contributed by atoms with E-state index in [1.165, 1.54) is 37.3 Å². The van der Waals surface area contributed by atoms with Crippen molar-refractivity contribution in [1.29, 1.82) is 0 Å². The van der Waals surface area contributed by atoms with E-state index in [9.17, 15) is 17.6 Å². The van der Waals surface area contributed by atoms with Gasteiger partial charge in [0.25, 0.3) is 0 Å². The van der Waals surface area contributed by atoms with Gasteiger partial charge in [-0.2, -0.15) is 8.42 Å². The summed E-state index contributed by atoms with van der Waals surface area (Å²) in [4.78, 5) is 13.3. The van der Waals surface area contributed by atoms with Crippen LogP contribution in [0.25, 0.3) is 0 Å². The maximum Gasteiger partial charge on any atom is 0.339 e. The first kappa shape index (κ1) is 16.4. The van der Waals surface area contributed by atoms with Gasteiger partial charge in [0.05, 0.1) is 0 Å². The molecule has 2 aromatic carbocycles. The summed E-state index contributed by atoms with van der Waals surface area (Å²) in [6.45, 7) is 3.38. The van der Waals surface area contributed by atoms with E-state index in [-0.39, 0.29) is 22.6 Å². The molecule has 7 heteroatoms. The average molecular weight is 349 g/mol. The molecule has 1 amide bonds. The molecule has 24 heavy (non-hydrogen) atoms. The lowest BCUT2D eigenvalue weighted by atomic mass is 10.1. The average Bonchev–Trinajstić information content (AvgIpc) is 2.81. The van der Waals surface area contributed by atoms with Gasteiger partial charge in [0.1, 0.15) is 16.5 Å². The summed E-state index contributed by atoms with van der Waals surface area (Å²) in [5.74, 6) is -0.760. The first-order valence-corrected chi connectivity index (χ1v) is 8.81. The largest absolute Gasteiger partial charge is 0.379 e. The number of nitrogens with zero attached hydrogens (tertiary/aromatic N) is 1. The van der Waals surface area contributed by atoms with Crippen molar-refractivity contribution in [2.75, 3.05) is 4.90 Å². The van der Waals surface area contributed by atoms with Gasteiger partial charge in [0.15, 0.2) is 0 Å². The molecule has 126 valence electrons. The van der Waals surface area contributed by atoms with Crippen molar-refractivity contribution in [2.45, 2.75) is 31.2 Å². The van der Waals surface area contributed by atoms with Gasteiger partial charge in [-0.1, -0.05) is 6.07 Å². The molecule has 0 spiro atoms. The van der Waals surface area contributed by atoms with Gasteiger partial charge in [0, 0.05) is 24.7 Å².